The average Bonchev–Trinajstić information content (AvgIpc) is 3.03. The molecule has 3 nitrogen and oxygen atoms in total. The van der Waals surface area contributed by atoms with Crippen molar-refractivity contribution in [1.29, 1.82) is 0 Å². The Morgan fingerprint density at radius 1 is 1.26 bits per heavy atom. The van der Waals surface area contributed by atoms with Crippen molar-refractivity contribution in [2.75, 3.05) is 20.6 Å². The van der Waals surface area contributed by atoms with E-state index in [4.69, 9.17) is 0 Å². The summed E-state index contributed by atoms with van der Waals surface area (Å²) < 4.78 is 13.5. The van der Waals surface area contributed by atoms with Crippen molar-refractivity contribution in [3.8, 4) is 0 Å². The smallest absolute Gasteiger partial charge is 0.220 e. The van der Waals surface area contributed by atoms with E-state index in [1.165, 1.54) is 10.9 Å². The number of rotatable bonds is 8. The molecule has 2 rings (SSSR count). The standard InChI is InChI=1S/C18H23FN2OS/c1-21(2)16(17-10-6-12-23-17)13-20-18(22)11-5-8-14-7-3-4-9-15(14)19/h3-4,6-7,9-10,12,16H,5,8,11,13H2,1-2H3,(H,20,22). The van der Waals surface area contributed by atoms with Crippen LogP contribution in [-0.4, -0.2) is 31.4 Å². The lowest BCUT2D eigenvalue weighted by molar-refractivity contribution is -0.121. The SMILES string of the molecule is CN(C)C(CNC(=O)CCCc1ccccc1F)c1cccs1. The van der Waals surface area contributed by atoms with E-state index in [1.807, 2.05) is 31.6 Å². The van der Waals surface area contributed by atoms with E-state index in [1.54, 1.807) is 23.5 Å². The van der Waals surface area contributed by atoms with Crippen LogP contribution in [0, 0.1) is 5.82 Å². The van der Waals surface area contributed by atoms with Crippen LogP contribution < -0.4 is 5.32 Å². The molecule has 1 heterocycles. The van der Waals surface area contributed by atoms with Crippen LogP contribution in [0.1, 0.15) is 29.3 Å². The Labute approximate surface area is 141 Å². The van der Waals surface area contributed by atoms with Crippen molar-refractivity contribution < 1.29 is 9.18 Å². The van der Waals surface area contributed by atoms with E-state index in [2.05, 4.69) is 16.3 Å². The first-order valence-corrected chi connectivity index (χ1v) is 8.66. The molecule has 0 aliphatic carbocycles. The molecule has 23 heavy (non-hydrogen) atoms. The van der Waals surface area contributed by atoms with E-state index in [-0.39, 0.29) is 17.8 Å². The summed E-state index contributed by atoms with van der Waals surface area (Å²) in [5.41, 5.74) is 0.671. The fraction of sp³-hybridized carbons (Fsp3) is 0.389. The summed E-state index contributed by atoms with van der Waals surface area (Å²) in [6.45, 7) is 0.589. The van der Waals surface area contributed by atoms with Gasteiger partial charge in [0.05, 0.1) is 6.04 Å². The van der Waals surface area contributed by atoms with Crippen molar-refractivity contribution in [3.63, 3.8) is 0 Å². The highest BCUT2D eigenvalue weighted by atomic mass is 32.1. The number of amides is 1. The van der Waals surface area contributed by atoms with Crippen LogP contribution in [0.5, 0.6) is 0 Å². The molecule has 1 atom stereocenters. The van der Waals surface area contributed by atoms with Crippen molar-refractivity contribution >= 4 is 17.2 Å². The van der Waals surface area contributed by atoms with Crippen LogP contribution in [-0.2, 0) is 11.2 Å². The third kappa shape index (κ3) is 5.44. The molecule has 0 fully saturated rings. The fourth-order valence-corrected chi connectivity index (χ4v) is 3.38. The average molecular weight is 334 g/mol. The molecule has 1 aromatic heterocycles. The zero-order chi connectivity index (χ0) is 16.7. The molecule has 1 aromatic carbocycles. The van der Waals surface area contributed by atoms with Crippen LogP contribution in [0.4, 0.5) is 4.39 Å². The van der Waals surface area contributed by atoms with Gasteiger partial charge in [0, 0.05) is 17.8 Å². The number of carbonyl (C=O) groups is 1. The normalized spacial score (nSPS) is 12.3. The van der Waals surface area contributed by atoms with E-state index < -0.39 is 0 Å². The van der Waals surface area contributed by atoms with Gasteiger partial charge in [-0.2, -0.15) is 0 Å². The van der Waals surface area contributed by atoms with Gasteiger partial charge < -0.3 is 10.2 Å². The maximum Gasteiger partial charge on any atom is 0.220 e. The minimum Gasteiger partial charge on any atom is -0.354 e. The number of aryl methyl sites for hydroxylation is 1. The van der Waals surface area contributed by atoms with Crippen LogP contribution >= 0.6 is 11.3 Å². The highest BCUT2D eigenvalue weighted by Gasteiger charge is 2.16. The molecule has 0 saturated heterocycles. The summed E-state index contributed by atoms with van der Waals surface area (Å²) in [6.07, 6.45) is 1.65. The van der Waals surface area contributed by atoms with Gasteiger partial charge in [-0.05, 0) is 50.0 Å². The minimum absolute atomic E-state index is 0.0183. The lowest BCUT2D eigenvalue weighted by Crippen LogP contribution is -2.34. The third-order valence-corrected chi connectivity index (χ3v) is 4.77. The first-order chi connectivity index (χ1) is 11.1. The first kappa shape index (κ1) is 17.6. The molecule has 2 aromatic rings. The molecule has 0 bridgehead atoms. The molecule has 5 heteroatoms. The first-order valence-electron chi connectivity index (χ1n) is 7.78. The number of benzene rings is 1. The van der Waals surface area contributed by atoms with Gasteiger partial charge in [0.1, 0.15) is 5.82 Å². The lowest BCUT2D eigenvalue weighted by atomic mass is 10.1. The summed E-state index contributed by atoms with van der Waals surface area (Å²) in [5, 5.41) is 5.03. The van der Waals surface area contributed by atoms with E-state index >= 15 is 0 Å². The Morgan fingerprint density at radius 2 is 2.04 bits per heavy atom. The van der Waals surface area contributed by atoms with Crippen LogP contribution in [0.15, 0.2) is 41.8 Å². The summed E-state index contributed by atoms with van der Waals surface area (Å²) in [7, 11) is 4.02. The summed E-state index contributed by atoms with van der Waals surface area (Å²) in [5.74, 6) is -0.178. The molecule has 0 spiro atoms. The van der Waals surface area contributed by atoms with Gasteiger partial charge >= 0.3 is 0 Å². The van der Waals surface area contributed by atoms with Crippen molar-refractivity contribution in [3.05, 3.63) is 58.0 Å². The molecule has 1 unspecified atom stereocenters. The second kappa shape index (κ2) is 8.79. The Kier molecular flexibility index (Phi) is 6.74. The molecule has 1 N–H and O–H groups in total. The Morgan fingerprint density at radius 3 is 2.70 bits per heavy atom. The topological polar surface area (TPSA) is 32.3 Å². The van der Waals surface area contributed by atoms with Gasteiger partial charge in [-0.1, -0.05) is 24.3 Å². The molecular weight excluding hydrogens is 311 g/mol. The van der Waals surface area contributed by atoms with Gasteiger partial charge in [-0.3, -0.25) is 4.79 Å². The highest BCUT2D eigenvalue weighted by molar-refractivity contribution is 7.10. The van der Waals surface area contributed by atoms with Crippen LogP contribution in [0.3, 0.4) is 0 Å². The number of thiophene rings is 1. The number of likely N-dealkylation sites (N-methyl/N-ethyl adjacent to an activating group) is 1. The van der Waals surface area contributed by atoms with Gasteiger partial charge in [0.2, 0.25) is 5.91 Å². The zero-order valence-corrected chi connectivity index (χ0v) is 14.4. The monoisotopic (exact) mass is 334 g/mol. The van der Waals surface area contributed by atoms with Crippen molar-refractivity contribution in [2.45, 2.75) is 25.3 Å². The molecule has 124 valence electrons. The third-order valence-electron chi connectivity index (χ3n) is 3.80. The molecular formula is C18H23FN2OS. The number of hydrogen-bond acceptors (Lipinski definition) is 3. The summed E-state index contributed by atoms with van der Waals surface area (Å²) in [4.78, 5) is 15.3. The maximum absolute atomic E-state index is 13.5. The summed E-state index contributed by atoms with van der Waals surface area (Å²) in [6, 6.07) is 11.0. The van der Waals surface area contributed by atoms with Crippen LogP contribution in [0.2, 0.25) is 0 Å². The lowest BCUT2D eigenvalue weighted by Gasteiger charge is -2.23. The molecule has 1 amide bonds. The number of nitrogens with zero attached hydrogens (tertiary/aromatic N) is 1. The van der Waals surface area contributed by atoms with Gasteiger partial charge in [-0.25, -0.2) is 4.39 Å². The van der Waals surface area contributed by atoms with Gasteiger partial charge in [-0.15, -0.1) is 11.3 Å². The quantitative estimate of drug-likeness (QED) is 0.799. The Balaban J connectivity index is 1.75. The Hall–Kier alpha value is -1.72. The largest absolute Gasteiger partial charge is 0.354 e. The molecule has 0 saturated carbocycles. The Bertz CT molecular complexity index is 613. The van der Waals surface area contributed by atoms with Crippen molar-refractivity contribution in [2.24, 2.45) is 0 Å². The second-order valence-corrected chi connectivity index (χ2v) is 6.72. The summed E-state index contributed by atoms with van der Waals surface area (Å²) >= 11 is 1.69. The predicted octanol–water partition coefficient (Wildman–Crippen LogP) is 3.63. The van der Waals surface area contributed by atoms with Gasteiger partial charge in [0.25, 0.3) is 0 Å². The van der Waals surface area contributed by atoms with E-state index in [0.29, 0.717) is 31.4 Å². The van der Waals surface area contributed by atoms with E-state index in [0.717, 1.165) is 0 Å². The number of carbonyl (C=O) groups excluding carboxylic acids is 1. The minimum atomic E-state index is -0.196. The second-order valence-electron chi connectivity index (χ2n) is 5.74. The molecule has 0 aliphatic rings. The van der Waals surface area contributed by atoms with E-state index in [9.17, 15) is 9.18 Å². The maximum atomic E-state index is 13.5. The van der Waals surface area contributed by atoms with Crippen LogP contribution in [0.25, 0.3) is 0 Å². The number of nitrogens with one attached hydrogen (secondary N) is 1. The predicted molar refractivity (Wildman–Crippen MR) is 93.1 cm³/mol. The highest BCUT2D eigenvalue weighted by Crippen LogP contribution is 2.22. The number of hydrogen-bond donors (Lipinski definition) is 1. The van der Waals surface area contributed by atoms with Gasteiger partial charge in [0.15, 0.2) is 0 Å². The van der Waals surface area contributed by atoms with Crippen molar-refractivity contribution in [1.82, 2.24) is 10.2 Å². The number of halogens is 1. The zero-order valence-electron chi connectivity index (χ0n) is 13.6. The molecule has 0 radical (unpaired) electrons. The molecule has 0 aliphatic heterocycles. The fourth-order valence-electron chi connectivity index (χ4n) is 2.46.